The number of hydrogen-bond acceptors (Lipinski definition) is 4. The SMILES string of the molecule is CCn1c(C2CCCN(C(=O)c3ccc(=O)[nH]c3)C2)nn(C)c1=O. The molecular weight excluding hydrogens is 310 g/mol. The first-order valence-electron chi connectivity index (χ1n) is 8.13. The monoisotopic (exact) mass is 331 g/mol. The van der Waals surface area contributed by atoms with E-state index in [2.05, 4.69) is 10.1 Å². The van der Waals surface area contributed by atoms with Crippen molar-refractivity contribution in [2.45, 2.75) is 32.2 Å². The Morgan fingerprint density at radius 2 is 2.17 bits per heavy atom. The molecule has 1 aliphatic rings. The summed E-state index contributed by atoms with van der Waals surface area (Å²) in [5.41, 5.74) is 0.101. The number of aryl methyl sites for hydroxylation is 1. The Balaban J connectivity index is 1.83. The first-order valence-corrected chi connectivity index (χ1v) is 8.13. The summed E-state index contributed by atoms with van der Waals surface area (Å²) in [5.74, 6) is 0.667. The lowest BCUT2D eigenvalue weighted by Crippen LogP contribution is -2.40. The highest BCUT2D eigenvalue weighted by atomic mass is 16.2. The summed E-state index contributed by atoms with van der Waals surface area (Å²) in [6.45, 7) is 3.66. The molecule has 1 fully saturated rings. The van der Waals surface area contributed by atoms with Crippen molar-refractivity contribution >= 4 is 5.91 Å². The molecule has 0 aromatic carbocycles. The Morgan fingerprint density at radius 1 is 1.38 bits per heavy atom. The van der Waals surface area contributed by atoms with Gasteiger partial charge in [-0.05, 0) is 25.8 Å². The highest BCUT2D eigenvalue weighted by molar-refractivity contribution is 5.93. The quantitative estimate of drug-likeness (QED) is 0.876. The predicted molar refractivity (Wildman–Crippen MR) is 88.1 cm³/mol. The van der Waals surface area contributed by atoms with E-state index in [9.17, 15) is 14.4 Å². The van der Waals surface area contributed by atoms with Gasteiger partial charge in [-0.1, -0.05) is 0 Å². The van der Waals surface area contributed by atoms with Crippen molar-refractivity contribution in [1.82, 2.24) is 24.2 Å². The summed E-state index contributed by atoms with van der Waals surface area (Å²) in [7, 11) is 1.64. The van der Waals surface area contributed by atoms with Crippen LogP contribution < -0.4 is 11.2 Å². The maximum atomic E-state index is 12.6. The fourth-order valence-corrected chi connectivity index (χ4v) is 3.22. The molecule has 2 aromatic rings. The van der Waals surface area contributed by atoms with Crippen molar-refractivity contribution < 1.29 is 4.79 Å². The number of likely N-dealkylation sites (tertiary alicyclic amines) is 1. The minimum atomic E-state index is -0.233. The van der Waals surface area contributed by atoms with Crippen LogP contribution in [0.1, 0.15) is 41.9 Å². The van der Waals surface area contributed by atoms with Crippen LogP contribution in [-0.4, -0.2) is 43.2 Å². The van der Waals surface area contributed by atoms with Gasteiger partial charge in [0.25, 0.3) is 5.91 Å². The molecule has 1 aliphatic heterocycles. The van der Waals surface area contributed by atoms with Crippen LogP contribution in [0.3, 0.4) is 0 Å². The van der Waals surface area contributed by atoms with E-state index in [4.69, 9.17) is 0 Å². The van der Waals surface area contributed by atoms with Crippen LogP contribution in [0.5, 0.6) is 0 Å². The lowest BCUT2D eigenvalue weighted by atomic mass is 9.96. The Kier molecular flexibility index (Phi) is 4.37. The molecule has 1 atom stereocenters. The third-order valence-corrected chi connectivity index (χ3v) is 4.46. The van der Waals surface area contributed by atoms with Gasteiger partial charge in [0.05, 0.1) is 5.56 Å². The molecule has 2 aromatic heterocycles. The second-order valence-corrected chi connectivity index (χ2v) is 6.04. The second kappa shape index (κ2) is 6.46. The van der Waals surface area contributed by atoms with Gasteiger partial charge in [-0.15, -0.1) is 0 Å². The highest BCUT2D eigenvalue weighted by Crippen LogP contribution is 2.26. The van der Waals surface area contributed by atoms with Gasteiger partial charge in [-0.2, -0.15) is 5.10 Å². The number of nitrogens with zero attached hydrogens (tertiary/aromatic N) is 4. The number of rotatable bonds is 3. The van der Waals surface area contributed by atoms with Crippen LogP contribution in [-0.2, 0) is 13.6 Å². The van der Waals surface area contributed by atoms with Gasteiger partial charge < -0.3 is 9.88 Å². The van der Waals surface area contributed by atoms with Crippen molar-refractivity contribution in [2.24, 2.45) is 7.05 Å². The minimum Gasteiger partial charge on any atom is -0.338 e. The van der Waals surface area contributed by atoms with Crippen molar-refractivity contribution in [3.63, 3.8) is 0 Å². The molecule has 0 radical (unpaired) electrons. The fraction of sp³-hybridized carbons (Fsp3) is 0.500. The van der Waals surface area contributed by atoms with E-state index in [1.54, 1.807) is 16.5 Å². The highest BCUT2D eigenvalue weighted by Gasteiger charge is 2.29. The first-order chi connectivity index (χ1) is 11.5. The second-order valence-electron chi connectivity index (χ2n) is 6.04. The number of aromatic amines is 1. The van der Waals surface area contributed by atoms with Gasteiger partial charge in [0.15, 0.2) is 0 Å². The third-order valence-electron chi connectivity index (χ3n) is 4.46. The zero-order valence-electron chi connectivity index (χ0n) is 13.9. The summed E-state index contributed by atoms with van der Waals surface area (Å²) >= 11 is 0. The number of hydrogen-bond donors (Lipinski definition) is 1. The summed E-state index contributed by atoms with van der Waals surface area (Å²) in [6.07, 6.45) is 3.19. The number of carbonyl (C=O) groups is 1. The predicted octanol–water partition coefficient (Wildman–Crippen LogP) is 0.310. The largest absolute Gasteiger partial charge is 0.345 e. The number of carbonyl (C=O) groups excluding carboxylic acids is 1. The molecule has 0 bridgehead atoms. The molecule has 1 amide bonds. The lowest BCUT2D eigenvalue weighted by molar-refractivity contribution is 0.0702. The molecule has 0 spiro atoms. The molecule has 1 N–H and O–H groups in total. The van der Waals surface area contributed by atoms with Crippen LogP contribution in [0.25, 0.3) is 0 Å². The number of amides is 1. The van der Waals surface area contributed by atoms with Gasteiger partial charge in [0.2, 0.25) is 5.56 Å². The Labute approximate surface area is 138 Å². The Hall–Kier alpha value is -2.64. The van der Waals surface area contributed by atoms with Crippen molar-refractivity contribution in [1.29, 1.82) is 0 Å². The Morgan fingerprint density at radius 3 is 2.83 bits per heavy atom. The molecule has 3 rings (SSSR count). The van der Waals surface area contributed by atoms with E-state index in [1.165, 1.54) is 23.0 Å². The average molecular weight is 331 g/mol. The van der Waals surface area contributed by atoms with Crippen molar-refractivity contribution in [3.8, 4) is 0 Å². The molecule has 0 aliphatic carbocycles. The molecule has 8 nitrogen and oxygen atoms in total. The van der Waals surface area contributed by atoms with Crippen LogP contribution in [0, 0.1) is 0 Å². The van der Waals surface area contributed by atoms with E-state index in [0.29, 0.717) is 25.2 Å². The standard InChI is InChI=1S/C16H21N5O3/c1-3-21-14(18-19(2)16(21)24)12-5-4-8-20(10-12)15(23)11-6-7-13(22)17-9-11/h6-7,9,12H,3-5,8,10H2,1-2H3,(H,17,22). The van der Waals surface area contributed by atoms with Gasteiger partial charge in [-0.25, -0.2) is 9.48 Å². The van der Waals surface area contributed by atoms with Crippen LogP contribution in [0.4, 0.5) is 0 Å². The smallest absolute Gasteiger partial charge is 0.338 e. The molecule has 1 saturated heterocycles. The molecular formula is C16H21N5O3. The number of pyridine rings is 1. The van der Waals surface area contributed by atoms with Gasteiger partial charge >= 0.3 is 5.69 Å². The number of nitrogens with one attached hydrogen (secondary N) is 1. The average Bonchev–Trinajstić information content (AvgIpc) is 2.89. The fourth-order valence-electron chi connectivity index (χ4n) is 3.22. The normalized spacial score (nSPS) is 17.9. The Bertz CT molecular complexity index is 843. The maximum absolute atomic E-state index is 12.6. The third kappa shape index (κ3) is 2.91. The summed E-state index contributed by atoms with van der Waals surface area (Å²) < 4.78 is 3.01. The summed E-state index contributed by atoms with van der Waals surface area (Å²) in [6, 6.07) is 2.88. The topological polar surface area (TPSA) is 93.0 Å². The van der Waals surface area contributed by atoms with E-state index in [0.717, 1.165) is 18.7 Å². The van der Waals surface area contributed by atoms with Gasteiger partial charge in [0.1, 0.15) is 5.82 Å². The van der Waals surface area contributed by atoms with E-state index in [1.807, 2.05) is 6.92 Å². The zero-order chi connectivity index (χ0) is 17.3. The molecule has 1 unspecified atom stereocenters. The number of aromatic nitrogens is 4. The molecule has 8 heteroatoms. The van der Waals surface area contributed by atoms with E-state index < -0.39 is 0 Å². The zero-order valence-corrected chi connectivity index (χ0v) is 13.9. The van der Waals surface area contributed by atoms with Crippen LogP contribution in [0.15, 0.2) is 27.9 Å². The molecule has 128 valence electrons. The van der Waals surface area contributed by atoms with Crippen molar-refractivity contribution in [2.75, 3.05) is 13.1 Å². The van der Waals surface area contributed by atoms with E-state index >= 15 is 0 Å². The van der Waals surface area contributed by atoms with Crippen LogP contribution in [0.2, 0.25) is 0 Å². The van der Waals surface area contributed by atoms with Crippen LogP contribution >= 0.6 is 0 Å². The van der Waals surface area contributed by atoms with Gasteiger partial charge in [0, 0.05) is 44.9 Å². The molecule has 0 saturated carbocycles. The van der Waals surface area contributed by atoms with Gasteiger partial charge in [-0.3, -0.25) is 14.2 Å². The maximum Gasteiger partial charge on any atom is 0.345 e. The minimum absolute atomic E-state index is 0.0410. The first kappa shape index (κ1) is 16.2. The van der Waals surface area contributed by atoms with Crippen molar-refractivity contribution in [3.05, 3.63) is 50.6 Å². The number of piperidine rings is 1. The molecule has 24 heavy (non-hydrogen) atoms. The summed E-state index contributed by atoms with van der Waals surface area (Å²) in [4.78, 5) is 40.1. The summed E-state index contributed by atoms with van der Waals surface area (Å²) in [5, 5.41) is 4.36. The lowest BCUT2D eigenvalue weighted by Gasteiger charge is -2.32. The van der Waals surface area contributed by atoms with E-state index in [-0.39, 0.29) is 23.1 Å². The number of H-pyrrole nitrogens is 1. The molecule has 3 heterocycles.